The fourth-order valence-electron chi connectivity index (χ4n) is 1.57. The van der Waals surface area contributed by atoms with Crippen LogP contribution in [0.2, 0.25) is 0 Å². The lowest BCUT2D eigenvalue weighted by atomic mass is 10.3. The summed E-state index contributed by atoms with van der Waals surface area (Å²) < 4.78 is 0. The van der Waals surface area contributed by atoms with Crippen LogP contribution in [0, 0.1) is 0 Å². The molecule has 1 aromatic carbocycles. The summed E-state index contributed by atoms with van der Waals surface area (Å²) in [6, 6.07) is 7.13. The van der Waals surface area contributed by atoms with E-state index in [0.717, 1.165) is 0 Å². The first-order valence-corrected chi connectivity index (χ1v) is 4.88. The smallest absolute Gasteiger partial charge is 0.319 e. The third-order valence-corrected chi connectivity index (χ3v) is 2.33. The number of nitrogens with one attached hydrogen (secondary N) is 3. The van der Waals surface area contributed by atoms with Gasteiger partial charge < -0.3 is 4.98 Å². The van der Waals surface area contributed by atoms with E-state index < -0.39 is 11.2 Å². The van der Waals surface area contributed by atoms with Crippen molar-refractivity contribution in [2.24, 2.45) is 0 Å². The van der Waals surface area contributed by atoms with E-state index in [9.17, 15) is 9.59 Å². The normalized spacial score (nSPS) is 10.8. The molecule has 3 aromatic rings. The third-order valence-electron chi connectivity index (χ3n) is 2.33. The first-order valence-electron chi connectivity index (χ1n) is 4.88. The Bertz CT molecular complexity index is 798. The molecule has 0 aliphatic heterocycles. The van der Waals surface area contributed by atoms with E-state index in [1.54, 1.807) is 18.2 Å². The van der Waals surface area contributed by atoms with Gasteiger partial charge in [-0.2, -0.15) is 5.10 Å². The summed E-state index contributed by atoms with van der Waals surface area (Å²) in [5, 5.41) is 5.87. The van der Waals surface area contributed by atoms with Crippen molar-refractivity contribution in [3.05, 3.63) is 45.1 Å². The Labute approximate surface area is 93.5 Å². The Hall–Kier alpha value is -2.70. The maximum absolute atomic E-state index is 11.7. The lowest BCUT2D eigenvalue weighted by Gasteiger charge is -1.98. The highest BCUT2D eigenvalue weighted by Gasteiger charge is 2.10. The predicted octanol–water partition coefficient (Wildman–Crippen LogP) is 0.00150. The lowest BCUT2D eigenvalue weighted by molar-refractivity contribution is 1.05. The highest BCUT2D eigenvalue weighted by molar-refractivity contribution is 5.75. The second kappa shape index (κ2) is 3.41. The van der Waals surface area contributed by atoms with Crippen LogP contribution in [0.15, 0.2) is 33.9 Å². The van der Waals surface area contributed by atoms with Crippen LogP contribution in [0.25, 0.3) is 22.6 Å². The molecule has 0 saturated carbocycles. The minimum Gasteiger partial charge on any atom is -0.319 e. The standard InChI is InChI=1S/C10H7N5O2/c16-9-7(8-13-10(17)15-14-8)11-5-3-1-2-4-6(5)12-9/h1-4H,(H,12,16)(H2,13,14,15,17). The number of nitrogens with zero attached hydrogens (tertiary/aromatic N) is 2. The number of hydrogen-bond acceptors (Lipinski definition) is 4. The van der Waals surface area contributed by atoms with Crippen LogP contribution in [0.1, 0.15) is 0 Å². The molecule has 0 aliphatic carbocycles. The van der Waals surface area contributed by atoms with E-state index in [2.05, 4.69) is 25.1 Å². The number of H-pyrrole nitrogens is 3. The van der Waals surface area contributed by atoms with Gasteiger partial charge in [0.05, 0.1) is 11.0 Å². The SMILES string of the molecule is O=c1[nH]nc(-c2nc3ccccc3[nH]c2=O)[nH]1. The Balaban J connectivity index is 2.33. The number of rotatable bonds is 1. The Morgan fingerprint density at radius 1 is 1.06 bits per heavy atom. The molecular weight excluding hydrogens is 222 g/mol. The van der Waals surface area contributed by atoms with Crippen LogP contribution in [-0.4, -0.2) is 25.1 Å². The van der Waals surface area contributed by atoms with E-state index >= 15 is 0 Å². The molecule has 0 aliphatic rings. The molecule has 0 saturated heterocycles. The van der Waals surface area contributed by atoms with Gasteiger partial charge in [-0.25, -0.2) is 14.9 Å². The predicted molar refractivity (Wildman–Crippen MR) is 60.6 cm³/mol. The zero-order valence-electron chi connectivity index (χ0n) is 8.52. The first kappa shape index (κ1) is 9.52. The highest BCUT2D eigenvalue weighted by atomic mass is 16.1. The number of aromatic nitrogens is 5. The molecule has 3 N–H and O–H groups in total. The molecule has 7 nitrogen and oxygen atoms in total. The van der Waals surface area contributed by atoms with Crippen molar-refractivity contribution < 1.29 is 0 Å². The molecule has 0 fully saturated rings. The average Bonchev–Trinajstić information content (AvgIpc) is 2.75. The fraction of sp³-hybridized carbons (Fsp3) is 0. The van der Waals surface area contributed by atoms with Gasteiger partial charge in [-0.1, -0.05) is 12.1 Å². The maximum atomic E-state index is 11.7. The van der Waals surface area contributed by atoms with E-state index in [1.807, 2.05) is 6.07 Å². The quantitative estimate of drug-likeness (QED) is 0.545. The van der Waals surface area contributed by atoms with E-state index in [1.165, 1.54) is 0 Å². The van der Waals surface area contributed by atoms with Gasteiger partial charge in [0.15, 0.2) is 11.5 Å². The van der Waals surface area contributed by atoms with E-state index in [-0.39, 0.29) is 11.5 Å². The molecule has 0 radical (unpaired) electrons. The molecule has 0 atom stereocenters. The summed E-state index contributed by atoms with van der Waals surface area (Å²) >= 11 is 0. The van der Waals surface area contributed by atoms with Gasteiger partial charge >= 0.3 is 5.69 Å². The molecule has 7 heteroatoms. The van der Waals surface area contributed by atoms with Crippen molar-refractivity contribution in [1.29, 1.82) is 0 Å². The van der Waals surface area contributed by atoms with Gasteiger partial charge in [0.2, 0.25) is 0 Å². The zero-order valence-corrected chi connectivity index (χ0v) is 8.52. The number of aromatic amines is 3. The molecule has 0 amide bonds. The first-order chi connectivity index (χ1) is 8.24. The fourth-order valence-corrected chi connectivity index (χ4v) is 1.57. The Kier molecular flexibility index (Phi) is 1.91. The van der Waals surface area contributed by atoms with Crippen LogP contribution < -0.4 is 11.2 Å². The molecule has 3 rings (SSSR count). The van der Waals surface area contributed by atoms with Crippen LogP contribution in [-0.2, 0) is 0 Å². The average molecular weight is 229 g/mol. The summed E-state index contributed by atoms with van der Waals surface area (Å²) in [5.74, 6) is 0.127. The highest BCUT2D eigenvalue weighted by Crippen LogP contribution is 2.10. The van der Waals surface area contributed by atoms with Crippen LogP contribution in [0.5, 0.6) is 0 Å². The number of para-hydroxylation sites is 2. The maximum Gasteiger partial charge on any atom is 0.340 e. The van der Waals surface area contributed by atoms with E-state index in [0.29, 0.717) is 11.0 Å². The van der Waals surface area contributed by atoms with Crippen molar-refractivity contribution in [1.82, 2.24) is 25.1 Å². The zero-order chi connectivity index (χ0) is 11.8. The van der Waals surface area contributed by atoms with Crippen molar-refractivity contribution in [3.8, 4) is 11.5 Å². The molecule has 2 heterocycles. The summed E-state index contributed by atoms with van der Waals surface area (Å²) in [5.41, 5.74) is 0.480. The van der Waals surface area contributed by atoms with Crippen molar-refractivity contribution >= 4 is 11.0 Å². The number of hydrogen-bond donors (Lipinski definition) is 3. The van der Waals surface area contributed by atoms with E-state index in [4.69, 9.17) is 0 Å². The topological polar surface area (TPSA) is 107 Å². The molecule has 0 spiro atoms. The number of benzene rings is 1. The Morgan fingerprint density at radius 2 is 1.88 bits per heavy atom. The van der Waals surface area contributed by atoms with Crippen molar-refractivity contribution in [3.63, 3.8) is 0 Å². The van der Waals surface area contributed by atoms with Gasteiger partial charge in [0, 0.05) is 0 Å². The minimum atomic E-state index is -0.477. The van der Waals surface area contributed by atoms with Gasteiger partial charge in [-0.3, -0.25) is 9.78 Å². The summed E-state index contributed by atoms with van der Waals surface area (Å²) in [6.07, 6.45) is 0. The van der Waals surface area contributed by atoms with Gasteiger partial charge in [0.25, 0.3) is 5.56 Å². The van der Waals surface area contributed by atoms with Gasteiger partial charge in [0.1, 0.15) is 0 Å². The summed E-state index contributed by atoms with van der Waals surface area (Å²) in [6.45, 7) is 0. The lowest BCUT2D eigenvalue weighted by Crippen LogP contribution is -2.12. The molecular formula is C10H7N5O2. The molecule has 0 bridgehead atoms. The second-order valence-electron chi connectivity index (χ2n) is 3.46. The molecule has 84 valence electrons. The summed E-state index contributed by atoms with van der Waals surface area (Å²) in [7, 11) is 0. The van der Waals surface area contributed by atoms with Gasteiger partial charge in [-0.05, 0) is 12.1 Å². The van der Waals surface area contributed by atoms with Crippen LogP contribution in [0.3, 0.4) is 0 Å². The van der Waals surface area contributed by atoms with Crippen molar-refractivity contribution in [2.45, 2.75) is 0 Å². The largest absolute Gasteiger partial charge is 0.340 e. The summed E-state index contributed by atoms with van der Waals surface area (Å²) in [4.78, 5) is 31.9. The van der Waals surface area contributed by atoms with Gasteiger partial charge in [-0.15, -0.1) is 0 Å². The second-order valence-corrected chi connectivity index (χ2v) is 3.46. The third kappa shape index (κ3) is 1.53. The molecule has 2 aromatic heterocycles. The molecule has 0 unspecified atom stereocenters. The van der Waals surface area contributed by atoms with Crippen LogP contribution >= 0.6 is 0 Å². The number of fused-ring (bicyclic) bond motifs is 1. The Morgan fingerprint density at radius 3 is 2.65 bits per heavy atom. The molecule has 17 heavy (non-hydrogen) atoms. The monoisotopic (exact) mass is 229 g/mol. The minimum absolute atomic E-state index is 0.0852. The van der Waals surface area contributed by atoms with Crippen molar-refractivity contribution in [2.75, 3.05) is 0 Å². The van der Waals surface area contributed by atoms with Crippen LogP contribution in [0.4, 0.5) is 0 Å².